The van der Waals surface area contributed by atoms with Crippen LogP contribution in [0.4, 0.5) is 5.69 Å². The normalized spacial score (nSPS) is 10.3. The Morgan fingerprint density at radius 2 is 1.84 bits per heavy atom. The lowest BCUT2D eigenvalue weighted by Crippen LogP contribution is -2.33. The van der Waals surface area contributed by atoms with Crippen LogP contribution in [0.1, 0.15) is 26.7 Å². The summed E-state index contributed by atoms with van der Waals surface area (Å²) in [4.78, 5) is 25.0. The SMILES string of the molecule is CC(C)CCNC(=O)CC(=O)N(C)c1ccccc1. The monoisotopic (exact) mass is 262 g/mol. The van der Waals surface area contributed by atoms with E-state index in [9.17, 15) is 9.59 Å². The lowest BCUT2D eigenvalue weighted by atomic mass is 10.1. The first kappa shape index (κ1) is 15.2. The van der Waals surface area contributed by atoms with Crippen molar-refractivity contribution in [2.75, 3.05) is 18.5 Å². The second kappa shape index (κ2) is 7.56. The Balaban J connectivity index is 2.40. The number of benzene rings is 1. The number of nitrogens with zero attached hydrogens (tertiary/aromatic N) is 1. The molecule has 2 amide bonds. The van der Waals surface area contributed by atoms with Gasteiger partial charge in [0.15, 0.2) is 0 Å². The predicted octanol–water partition coefficient (Wildman–Crippen LogP) is 2.20. The van der Waals surface area contributed by atoms with Crippen LogP contribution in [0.3, 0.4) is 0 Å². The summed E-state index contributed by atoms with van der Waals surface area (Å²) in [5, 5.41) is 2.76. The first-order valence-corrected chi connectivity index (χ1v) is 6.59. The molecule has 1 aromatic carbocycles. The maximum Gasteiger partial charge on any atom is 0.236 e. The Morgan fingerprint density at radius 3 is 2.42 bits per heavy atom. The van der Waals surface area contributed by atoms with Crippen LogP contribution < -0.4 is 10.2 Å². The van der Waals surface area contributed by atoms with Crippen molar-refractivity contribution in [1.82, 2.24) is 5.32 Å². The zero-order valence-electron chi connectivity index (χ0n) is 11.8. The number of hydrogen-bond donors (Lipinski definition) is 1. The summed E-state index contributed by atoms with van der Waals surface area (Å²) in [6.07, 6.45) is 0.817. The third-order valence-electron chi connectivity index (χ3n) is 2.87. The van der Waals surface area contributed by atoms with E-state index in [-0.39, 0.29) is 18.2 Å². The van der Waals surface area contributed by atoms with Crippen LogP contribution in [0.15, 0.2) is 30.3 Å². The molecule has 4 nitrogen and oxygen atoms in total. The number of carbonyl (C=O) groups is 2. The van der Waals surface area contributed by atoms with Crippen molar-refractivity contribution >= 4 is 17.5 Å². The summed E-state index contributed by atoms with van der Waals surface area (Å²) in [5.41, 5.74) is 0.794. The summed E-state index contributed by atoms with van der Waals surface area (Å²) < 4.78 is 0. The molecule has 0 spiro atoms. The van der Waals surface area contributed by atoms with Crippen LogP contribution in [0.25, 0.3) is 0 Å². The fourth-order valence-electron chi connectivity index (χ4n) is 1.61. The van der Waals surface area contributed by atoms with Gasteiger partial charge in [0.2, 0.25) is 11.8 Å². The Morgan fingerprint density at radius 1 is 1.21 bits per heavy atom. The highest BCUT2D eigenvalue weighted by Gasteiger charge is 2.14. The van der Waals surface area contributed by atoms with Crippen molar-refractivity contribution < 1.29 is 9.59 Å². The first-order chi connectivity index (χ1) is 9.00. The summed E-state index contributed by atoms with van der Waals surface area (Å²) in [7, 11) is 1.68. The lowest BCUT2D eigenvalue weighted by Gasteiger charge is -2.17. The van der Waals surface area contributed by atoms with E-state index in [1.165, 1.54) is 4.90 Å². The van der Waals surface area contributed by atoms with Gasteiger partial charge in [-0.3, -0.25) is 9.59 Å². The van der Waals surface area contributed by atoms with Gasteiger partial charge >= 0.3 is 0 Å². The smallest absolute Gasteiger partial charge is 0.236 e. The molecule has 0 saturated carbocycles. The summed E-state index contributed by atoms with van der Waals surface area (Å²) in [5.74, 6) is 0.129. The van der Waals surface area contributed by atoms with Gasteiger partial charge in [0, 0.05) is 19.3 Å². The van der Waals surface area contributed by atoms with Crippen molar-refractivity contribution in [2.24, 2.45) is 5.92 Å². The Bertz CT molecular complexity index is 415. The van der Waals surface area contributed by atoms with E-state index < -0.39 is 0 Å². The van der Waals surface area contributed by atoms with Gasteiger partial charge in [-0.05, 0) is 24.5 Å². The van der Waals surface area contributed by atoms with E-state index in [1.807, 2.05) is 30.3 Å². The zero-order valence-corrected chi connectivity index (χ0v) is 11.8. The third-order valence-corrected chi connectivity index (χ3v) is 2.87. The molecule has 0 saturated heterocycles. The molecule has 0 aromatic heterocycles. The number of anilines is 1. The van der Waals surface area contributed by atoms with E-state index >= 15 is 0 Å². The quantitative estimate of drug-likeness (QED) is 0.799. The van der Waals surface area contributed by atoms with Gasteiger partial charge in [0.25, 0.3) is 0 Å². The molecule has 0 atom stereocenters. The molecule has 1 rings (SSSR count). The molecule has 0 bridgehead atoms. The minimum Gasteiger partial charge on any atom is -0.356 e. The third kappa shape index (κ3) is 5.55. The van der Waals surface area contributed by atoms with Crippen molar-refractivity contribution in [3.8, 4) is 0 Å². The molecular formula is C15H22N2O2. The molecule has 0 aliphatic rings. The van der Waals surface area contributed by atoms with E-state index in [0.29, 0.717) is 12.5 Å². The molecule has 0 fully saturated rings. The highest BCUT2D eigenvalue weighted by Crippen LogP contribution is 2.11. The Labute approximate surface area is 114 Å². The summed E-state index contributed by atoms with van der Waals surface area (Å²) in [6.45, 7) is 4.82. The minimum absolute atomic E-state index is 0.108. The molecule has 0 aliphatic carbocycles. The number of rotatable bonds is 6. The van der Waals surface area contributed by atoms with Gasteiger partial charge < -0.3 is 10.2 Å². The van der Waals surface area contributed by atoms with Gasteiger partial charge in [-0.25, -0.2) is 0 Å². The van der Waals surface area contributed by atoms with Crippen LogP contribution in [-0.4, -0.2) is 25.4 Å². The Hall–Kier alpha value is -1.84. The van der Waals surface area contributed by atoms with Crippen LogP contribution >= 0.6 is 0 Å². The number of para-hydroxylation sites is 1. The van der Waals surface area contributed by atoms with Crippen molar-refractivity contribution in [3.63, 3.8) is 0 Å². The summed E-state index contributed by atoms with van der Waals surface area (Å²) >= 11 is 0. The molecule has 4 heteroatoms. The average molecular weight is 262 g/mol. The van der Waals surface area contributed by atoms with E-state index in [1.54, 1.807) is 7.05 Å². The van der Waals surface area contributed by atoms with Gasteiger partial charge in [0.05, 0.1) is 0 Å². The fourth-order valence-corrected chi connectivity index (χ4v) is 1.61. The van der Waals surface area contributed by atoms with Crippen molar-refractivity contribution in [1.29, 1.82) is 0 Å². The second-order valence-electron chi connectivity index (χ2n) is 5.00. The fraction of sp³-hybridized carbons (Fsp3) is 0.467. The lowest BCUT2D eigenvalue weighted by molar-refractivity contribution is -0.127. The van der Waals surface area contributed by atoms with Crippen molar-refractivity contribution in [2.45, 2.75) is 26.7 Å². The van der Waals surface area contributed by atoms with Gasteiger partial charge in [0.1, 0.15) is 6.42 Å². The number of amides is 2. The van der Waals surface area contributed by atoms with Crippen LogP contribution in [0, 0.1) is 5.92 Å². The molecule has 1 N–H and O–H groups in total. The first-order valence-electron chi connectivity index (χ1n) is 6.59. The van der Waals surface area contributed by atoms with Crippen LogP contribution in [-0.2, 0) is 9.59 Å². The molecule has 19 heavy (non-hydrogen) atoms. The van der Waals surface area contributed by atoms with E-state index in [4.69, 9.17) is 0 Å². The number of carbonyl (C=O) groups excluding carboxylic acids is 2. The van der Waals surface area contributed by atoms with Crippen molar-refractivity contribution in [3.05, 3.63) is 30.3 Å². The Kier molecular flexibility index (Phi) is 6.06. The molecule has 0 radical (unpaired) electrons. The van der Waals surface area contributed by atoms with Crippen LogP contribution in [0.2, 0.25) is 0 Å². The second-order valence-corrected chi connectivity index (χ2v) is 5.00. The molecule has 1 aromatic rings. The van der Waals surface area contributed by atoms with Gasteiger partial charge in [-0.2, -0.15) is 0 Å². The van der Waals surface area contributed by atoms with Crippen LogP contribution in [0.5, 0.6) is 0 Å². The standard InChI is InChI=1S/C15H22N2O2/c1-12(2)9-10-16-14(18)11-15(19)17(3)13-7-5-4-6-8-13/h4-8,12H,9-11H2,1-3H3,(H,16,18). The highest BCUT2D eigenvalue weighted by molar-refractivity contribution is 6.04. The molecule has 0 unspecified atom stereocenters. The van der Waals surface area contributed by atoms with E-state index in [2.05, 4.69) is 19.2 Å². The maximum atomic E-state index is 11.9. The largest absolute Gasteiger partial charge is 0.356 e. The van der Waals surface area contributed by atoms with Gasteiger partial charge in [-0.1, -0.05) is 32.0 Å². The molecule has 0 aliphatic heterocycles. The predicted molar refractivity (Wildman–Crippen MR) is 76.9 cm³/mol. The average Bonchev–Trinajstić information content (AvgIpc) is 2.38. The van der Waals surface area contributed by atoms with E-state index in [0.717, 1.165) is 12.1 Å². The zero-order chi connectivity index (χ0) is 14.3. The number of hydrogen-bond acceptors (Lipinski definition) is 2. The summed E-state index contributed by atoms with van der Waals surface area (Å²) in [6, 6.07) is 9.30. The minimum atomic E-state index is -0.214. The molecular weight excluding hydrogens is 240 g/mol. The highest BCUT2D eigenvalue weighted by atomic mass is 16.2. The molecule has 104 valence electrons. The maximum absolute atomic E-state index is 11.9. The number of nitrogens with one attached hydrogen (secondary N) is 1. The van der Waals surface area contributed by atoms with Gasteiger partial charge in [-0.15, -0.1) is 0 Å². The topological polar surface area (TPSA) is 49.4 Å². The molecule has 0 heterocycles.